The van der Waals surface area contributed by atoms with Crippen molar-refractivity contribution in [2.24, 2.45) is 0 Å². The lowest BCUT2D eigenvalue weighted by Gasteiger charge is -2.27. The summed E-state index contributed by atoms with van der Waals surface area (Å²) in [5, 5.41) is 5.80. The first-order chi connectivity index (χ1) is 14.1. The number of aryl methyl sites for hydroxylation is 1. The fourth-order valence-corrected chi connectivity index (χ4v) is 4.61. The average Bonchev–Trinajstić information content (AvgIpc) is 3.22. The van der Waals surface area contributed by atoms with Crippen molar-refractivity contribution < 1.29 is 19.1 Å². The van der Waals surface area contributed by atoms with E-state index in [0.717, 1.165) is 33.8 Å². The molecule has 5 rings (SSSR count). The van der Waals surface area contributed by atoms with Gasteiger partial charge in [0, 0.05) is 12.0 Å². The molecule has 2 heterocycles. The number of para-hydroxylation sites is 1. The van der Waals surface area contributed by atoms with Gasteiger partial charge in [0.15, 0.2) is 0 Å². The summed E-state index contributed by atoms with van der Waals surface area (Å²) in [6, 6.07) is 14.5. The molecule has 0 aromatic heterocycles. The van der Waals surface area contributed by atoms with E-state index < -0.39 is 11.6 Å². The third-order valence-electron chi connectivity index (χ3n) is 6.02. The number of benzene rings is 2. The van der Waals surface area contributed by atoms with E-state index in [2.05, 4.69) is 10.6 Å². The maximum atomic E-state index is 13.2. The van der Waals surface area contributed by atoms with Gasteiger partial charge in [-0.1, -0.05) is 42.5 Å². The van der Waals surface area contributed by atoms with Crippen LogP contribution in [0.5, 0.6) is 5.75 Å². The number of fused-ring (bicyclic) bond motifs is 3. The van der Waals surface area contributed by atoms with Gasteiger partial charge in [0.25, 0.3) is 5.91 Å². The first-order valence-corrected chi connectivity index (χ1v) is 9.82. The van der Waals surface area contributed by atoms with E-state index >= 15 is 0 Å². The molecule has 2 aromatic rings. The van der Waals surface area contributed by atoms with Gasteiger partial charge in [-0.25, -0.2) is 4.79 Å². The number of carbonyl (C=O) groups is 3. The predicted molar refractivity (Wildman–Crippen MR) is 104 cm³/mol. The Balaban J connectivity index is 1.32. The van der Waals surface area contributed by atoms with Crippen LogP contribution in [0.25, 0.3) is 0 Å². The number of hydrogen-bond donors (Lipinski definition) is 2. The molecule has 3 aliphatic rings. The second-order valence-electron chi connectivity index (χ2n) is 7.68. The summed E-state index contributed by atoms with van der Waals surface area (Å²) in [5.41, 5.74) is 1.76. The van der Waals surface area contributed by atoms with Gasteiger partial charge in [0.2, 0.25) is 5.91 Å². The molecule has 2 aliphatic heterocycles. The minimum absolute atomic E-state index is 0.200. The van der Waals surface area contributed by atoms with E-state index in [1.165, 1.54) is 0 Å². The highest BCUT2D eigenvalue weighted by atomic mass is 16.5. The van der Waals surface area contributed by atoms with Crippen molar-refractivity contribution >= 4 is 17.8 Å². The summed E-state index contributed by atoms with van der Waals surface area (Å²) in [6.45, 7) is 0.207. The van der Waals surface area contributed by atoms with Gasteiger partial charge >= 0.3 is 6.03 Å². The van der Waals surface area contributed by atoms with Gasteiger partial charge in [-0.3, -0.25) is 14.5 Å². The first-order valence-electron chi connectivity index (χ1n) is 9.82. The van der Waals surface area contributed by atoms with Crippen molar-refractivity contribution in [1.82, 2.24) is 15.5 Å². The lowest BCUT2D eigenvalue weighted by molar-refractivity contribution is -0.135. The maximum Gasteiger partial charge on any atom is 0.325 e. The highest BCUT2D eigenvalue weighted by molar-refractivity contribution is 6.09. The van der Waals surface area contributed by atoms with Crippen LogP contribution >= 0.6 is 0 Å². The number of imide groups is 1. The van der Waals surface area contributed by atoms with Gasteiger partial charge in [-0.15, -0.1) is 0 Å². The molecule has 0 saturated carbocycles. The fraction of sp³-hybridized carbons (Fsp3) is 0.318. The number of amides is 4. The molecule has 7 heteroatoms. The van der Waals surface area contributed by atoms with E-state index in [1.54, 1.807) is 0 Å². The molecule has 1 saturated heterocycles. The Morgan fingerprint density at radius 2 is 1.97 bits per heavy atom. The Morgan fingerprint density at radius 3 is 2.86 bits per heavy atom. The Bertz CT molecular complexity index is 1020. The summed E-state index contributed by atoms with van der Waals surface area (Å²) in [7, 11) is 0. The smallest absolute Gasteiger partial charge is 0.325 e. The summed E-state index contributed by atoms with van der Waals surface area (Å²) in [4.78, 5) is 39.5. The maximum absolute atomic E-state index is 13.2. The van der Waals surface area contributed by atoms with E-state index in [0.29, 0.717) is 19.4 Å². The molecule has 7 nitrogen and oxygen atoms in total. The molecular formula is C22H21N3O4. The average molecular weight is 391 g/mol. The van der Waals surface area contributed by atoms with Gasteiger partial charge in [-0.2, -0.15) is 0 Å². The Labute approximate surface area is 168 Å². The van der Waals surface area contributed by atoms with Crippen molar-refractivity contribution in [2.45, 2.75) is 30.8 Å². The number of carbonyl (C=O) groups excluding carboxylic acids is 3. The molecule has 1 fully saturated rings. The second kappa shape index (κ2) is 6.62. The minimum atomic E-state index is -1.04. The lowest BCUT2D eigenvalue weighted by Crippen LogP contribution is -2.44. The van der Waals surface area contributed by atoms with E-state index in [4.69, 9.17) is 4.74 Å². The number of hydrogen-bond acceptors (Lipinski definition) is 4. The summed E-state index contributed by atoms with van der Waals surface area (Å²) in [5.74, 6) is 0.0362. The van der Waals surface area contributed by atoms with E-state index in [-0.39, 0.29) is 24.4 Å². The van der Waals surface area contributed by atoms with Crippen molar-refractivity contribution in [1.29, 1.82) is 0 Å². The van der Waals surface area contributed by atoms with Crippen LogP contribution in [0.4, 0.5) is 4.79 Å². The van der Waals surface area contributed by atoms with Crippen LogP contribution < -0.4 is 15.4 Å². The lowest BCUT2D eigenvalue weighted by atomic mass is 9.92. The fourth-order valence-electron chi connectivity index (χ4n) is 4.61. The largest absolute Gasteiger partial charge is 0.493 e. The first kappa shape index (κ1) is 17.7. The van der Waals surface area contributed by atoms with Crippen LogP contribution in [-0.2, 0) is 21.5 Å². The normalized spacial score (nSPS) is 24.7. The number of ether oxygens (including phenoxy) is 1. The van der Waals surface area contributed by atoms with Crippen LogP contribution in [0.1, 0.15) is 35.6 Å². The standard InChI is InChI=1S/C22H21N3O4/c26-19(23-17-10-12-29-18-8-4-2-6-15(17)18)13-25-20(27)22(24-21(25)28)11-9-14-5-1-3-7-16(14)22/h1-8,17H,9-13H2,(H,23,26)(H,24,28)/t17-,22-/m1/s1. The molecule has 2 aromatic carbocycles. The van der Waals surface area contributed by atoms with E-state index in [9.17, 15) is 14.4 Å². The highest BCUT2D eigenvalue weighted by Gasteiger charge is 2.55. The zero-order chi connectivity index (χ0) is 20.0. The Hall–Kier alpha value is -3.35. The summed E-state index contributed by atoms with van der Waals surface area (Å²) in [6.07, 6.45) is 1.88. The molecule has 2 N–H and O–H groups in total. The van der Waals surface area contributed by atoms with Crippen LogP contribution in [-0.4, -0.2) is 35.9 Å². The molecule has 4 amide bonds. The van der Waals surface area contributed by atoms with Crippen LogP contribution in [0, 0.1) is 0 Å². The molecule has 0 radical (unpaired) electrons. The predicted octanol–water partition coefficient (Wildman–Crippen LogP) is 2.02. The van der Waals surface area contributed by atoms with Crippen LogP contribution in [0.2, 0.25) is 0 Å². The zero-order valence-electron chi connectivity index (χ0n) is 15.8. The molecule has 2 atom stereocenters. The van der Waals surface area contributed by atoms with Gasteiger partial charge in [0.05, 0.1) is 12.6 Å². The third kappa shape index (κ3) is 2.76. The highest BCUT2D eigenvalue weighted by Crippen LogP contribution is 2.41. The quantitative estimate of drug-likeness (QED) is 0.784. The topological polar surface area (TPSA) is 87.7 Å². The van der Waals surface area contributed by atoms with Crippen LogP contribution in [0.15, 0.2) is 48.5 Å². The Kier molecular flexibility index (Phi) is 4.04. The van der Waals surface area contributed by atoms with Gasteiger partial charge in [-0.05, 0) is 30.0 Å². The van der Waals surface area contributed by atoms with Gasteiger partial charge in [0.1, 0.15) is 17.8 Å². The number of nitrogens with zero attached hydrogens (tertiary/aromatic N) is 1. The SMILES string of the molecule is O=C(CN1C(=O)N[C@@]2(CCc3ccccc32)C1=O)N[C@@H]1CCOc2ccccc21. The molecule has 1 spiro atoms. The van der Waals surface area contributed by atoms with Crippen molar-refractivity contribution in [2.75, 3.05) is 13.2 Å². The minimum Gasteiger partial charge on any atom is -0.493 e. The Morgan fingerprint density at radius 1 is 1.17 bits per heavy atom. The second-order valence-corrected chi connectivity index (χ2v) is 7.68. The molecule has 0 unspecified atom stereocenters. The van der Waals surface area contributed by atoms with Crippen LogP contribution in [0.3, 0.4) is 0 Å². The molecule has 148 valence electrons. The number of urea groups is 1. The molecule has 1 aliphatic carbocycles. The number of rotatable bonds is 3. The van der Waals surface area contributed by atoms with Gasteiger partial charge < -0.3 is 15.4 Å². The molecular weight excluding hydrogens is 370 g/mol. The zero-order valence-corrected chi connectivity index (χ0v) is 15.8. The van der Waals surface area contributed by atoms with Crippen molar-refractivity contribution in [3.63, 3.8) is 0 Å². The molecule has 29 heavy (non-hydrogen) atoms. The summed E-state index contributed by atoms with van der Waals surface area (Å²) < 4.78 is 5.62. The number of nitrogens with one attached hydrogen (secondary N) is 2. The molecule has 0 bridgehead atoms. The van der Waals surface area contributed by atoms with Crippen molar-refractivity contribution in [3.8, 4) is 5.75 Å². The third-order valence-corrected chi connectivity index (χ3v) is 6.02. The van der Waals surface area contributed by atoms with Crippen molar-refractivity contribution in [3.05, 3.63) is 65.2 Å². The van der Waals surface area contributed by atoms with E-state index in [1.807, 2.05) is 48.5 Å². The summed E-state index contributed by atoms with van der Waals surface area (Å²) >= 11 is 0. The monoisotopic (exact) mass is 391 g/mol.